The van der Waals surface area contributed by atoms with Gasteiger partial charge in [0.2, 0.25) is 0 Å². The van der Waals surface area contributed by atoms with Gasteiger partial charge in [0.15, 0.2) is 0 Å². The number of carbonyl (C=O) groups excluding carboxylic acids is 1. The van der Waals surface area contributed by atoms with Crippen molar-refractivity contribution in [1.82, 2.24) is 0 Å². The largest absolute Gasteiger partial charge is 0.458 e. The van der Waals surface area contributed by atoms with Crippen LogP contribution in [0.15, 0.2) is 115 Å². The maximum Gasteiger partial charge on any atom is 0.437 e. The Morgan fingerprint density at radius 1 is 0.560 bits per heavy atom. The van der Waals surface area contributed by atoms with Crippen molar-refractivity contribution in [2.45, 2.75) is 103 Å². The predicted octanol–water partition coefficient (Wildman–Crippen LogP) is 11.9. The maximum atomic E-state index is 12.5. The zero-order valence-corrected chi connectivity index (χ0v) is 29.4. The summed E-state index contributed by atoms with van der Waals surface area (Å²) in [5, 5.41) is 8.86. The Balaban J connectivity index is 0.000000284. The van der Waals surface area contributed by atoms with Gasteiger partial charge >= 0.3 is 23.9 Å². The molecule has 4 rings (SSSR count). The summed E-state index contributed by atoms with van der Waals surface area (Å²) in [6.45, 7) is 12.2. The number of alkyl halides is 6. The Morgan fingerprint density at radius 3 is 1.20 bits per heavy atom. The van der Waals surface area contributed by atoms with Gasteiger partial charge in [0.1, 0.15) is 6.61 Å². The van der Waals surface area contributed by atoms with Gasteiger partial charge in [0.05, 0.1) is 0 Å². The molecule has 0 aliphatic heterocycles. The van der Waals surface area contributed by atoms with Gasteiger partial charge in [-0.15, -0.1) is 0 Å². The summed E-state index contributed by atoms with van der Waals surface area (Å²) in [6.07, 6.45) is -10.4. The lowest BCUT2D eigenvalue weighted by Gasteiger charge is -2.29. The average Bonchev–Trinajstić information content (AvgIpc) is 3.13. The lowest BCUT2D eigenvalue weighted by molar-refractivity contribution is -0.357. The van der Waals surface area contributed by atoms with Gasteiger partial charge in [-0.2, -0.15) is 26.3 Å². The third-order valence-electron chi connectivity index (χ3n) is 9.03. The van der Waals surface area contributed by atoms with Gasteiger partial charge in [0, 0.05) is 0 Å². The number of halogens is 6. The molecule has 0 aromatic heterocycles. The Hall–Kier alpha value is -4.11. The summed E-state index contributed by atoms with van der Waals surface area (Å²) >= 11 is 0. The summed E-state index contributed by atoms with van der Waals surface area (Å²) in [7, 11) is 0. The Kier molecular flexibility index (Phi) is 16.3. The molecule has 9 heteroatoms. The van der Waals surface area contributed by atoms with E-state index in [1.54, 1.807) is 12.1 Å². The van der Waals surface area contributed by atoms with E-state index >= 15 is 0 Å². The number of ether oxygens (including phenoxy) is 1. The van der Waals surface area contributed by atoms with Crippen LogP contribution in [0.3, 0.4) is 0 Å². The van der Waals surface area contributed by atoms with Crippen molar-refractivity contribution < 1.29 is 41.0 Å². The third-order valence-corrected chi connectivity index (χ3v) is 9.03. The fraction of sp³-hybridized carbons (Fsp3) is 0.390. The summed E-state index contributed by atoms with van der Waals surface area (Å²) in [4.78, 5) is 11.2. The van der Waals surface area contributed by atoms with Crippen molar-refractivity contribution in [3.05, 3.63) is 143 Å². The Labute approximate surface area is 292 Å². The molecule has 50 heavy (non-hydrogen) atoms. The SMILES string of the molecule is CC(c1ccccc1)C(C)c1ccccc1.CCC(C)c1ccc(COC(=O)C(O)(C(F)(F)F)C(F)(F)F)cc1.CCC(C)c1ccccc1. The van der Waals surface area contributed by atoms with Gasteiger partial charge < -0.3 is 9.84 Å². The van der Waals surface area contributed by atoms with E-state index in [9.17, 15) is 31.1 Å². The quantitative estimate of drug-likeness (QED) is 0.132. The van der Waals surface area contributed by atoms with E-state index in [1.165, 1.54) is 35.2 Å². The summed E-state index contributed by atoms with van der Waals surface area (Å²) < 4.78 is 79.0. The highest BCUT2D eigenvalue weighted by Gasteiger charge is 2.76. The molecule has 0 fully saturated rings. The standard InChI is InChI=1S/C16H18.C15H16F6O3.C10H14/c1-13(15-9-5-3-6-10-15)14(2)16-11-7-4-8-12-16;1-3-9(2)11-6-4-10(5-7-11)8-24-12(22)13(23,14(16,17)18)15(19,20)21;1-3-9(2)10-7-5-4-6-8-10/h3-14H,1-2H3;4-7,9,23H,3,8H2,1-2H3;4-9H,3H2,1-2H3. The van der Waals surface area contributed by atoms with E-state index in [0.29, 0.717) is 17.8 Å². The molecule has 0 radical (unpaired) electrons. The molecule has 0 saturated heterocycles. The van der Waals surface area contributed by atoms with Crippen LogP contribution in [-0.2, 0) is 16.1 Å². The van der Waals surface area contributed by atoms with Crippen molar-refractivity contribution in [2.75, 3.05) is 0 Å². The highest BCUT2D eigenvalue weighted by molar-refractivity contribution is 5.81. The Bertz CT molecular complexity index is 1460. The van der Waals surface area contributed by atoms with E-state index in [-0.39, 0.29) is 11.5 Å². The molecule has 4 unspecified atom stereocenters. The average molecular weight is 703 g/mol. The van der Waals surface area contributed by atoms with Crippen molar-refractivity contribution in [1.29, 1.82) is 0 Å². The van der Waals surface area contributed by atoms with Crippen molar-refractivity contribution in [3.8, 4) is 0 Å². The minimum atomic E-state index is -6.25. The van der Waals surface area contributed by atoms with Crippen molar-refractivity contribution in [2.24, 2.45) is 0 Å². The molecule has 272 valence electrons. The van der Waals surface area contributed by atoms with E-state index in [1.807, 2.05) is 13.8 Å². The third kappa shape index (κ3) is 11.8. The van der Waals surface area contributed by atoms with E-state index in [4.69, 9.17) is 5.11 Å². The zero-order chi connectivity index (χ0) is 37.5. The van der Waals surface area contributed by atoms with E-state index in [0.717, 1.165) is 12.0 Å². The summed E-state index contributed by atoms with van der Waals surface area (Å²) in [5.74, 6) is -0.760. The first-order chi connectivity index (χ1) is 23.5. The number of carbonyl (C=O) groups is 1. The first-order valence-corrected chi connectivity index (χ1v) is 16.7. The molecular formula is C41H48F6O3. The molecule has 3 nitrogen and oxygen atoms in total. The van der Waals surface area contributed by atoms with Crippen LogP contribution < -0.4 is 0 Å². The molecule has 0 heterocycles. The lowest BCUT2D eigenvalue weighted by Crippen LogP contribution is -2.62. The smallest absolute Gasteiger partial charge is 0.437 e. The predicted molar refractivity (Wildman–Crippen MR) is 187 cm³/mol. The van der Waals surface area contributed by atoms with Crippen LogP contribution >= 0.6 is 0 Å². The number of aliphatic hydroxyl groups is 1. The lowest BCUT2D eigenvalue weighted by atomic mass is 9.84. The molecular weight excluding hydrogens is 654 g/mol. The number of rotatable bonds is 10. The topological polar surface area (TPSA) is 46.5 Å². The fourth-order valence-electron chi connectivity index (χ4n) is 4.93. The van der Waals surface area contributed by atoms with Crippen LogP contribution in [0.2, 0.25) is 0 Å². The first kappa shape index (κ1) is 42.1. The number of hydrogen-bond acceptors (Lipinski definition) is 3. The molecule has 0 spiro atoms. The normalized spacial score (nSPS) is 14.1. The van der Waals surface area contributed by atoms with Crippen LogP contribution in [0.1, 0.15) is 106 Å². The monoisotopic (exact) mass is 702 g/mol. The number of hydrogen-bond donors (Lipinski definition) is 1. The van der Waals surface area contributed by atoms with Crippen LogP contribution in [0, 0.1) is 0 Å². The van der Waals surface area contributed by atoms with Gasteiger partial charge in [-0.05, 0) is 64.3 Å². The molecule has 4 aromatic rings. The molecule has 0 amide bonds. The highest BCUT2D eigenvalue weighted by atomic mass is 19.4. The molecule has 0 saturated carbocycles. The molecule has 0 bridgehead atoms. The zero-order valence-electron chi connectivity index (χ0n) is 29.4. The second-order valence-electron chi connectivity index (χ2n) is 12.5. The van der Waals surface area contributed by atoms with Crippen LogP contribution in [0.25, 0.3) is 0 Å². The second-order valence-corrected chi connectivity index (χ2v) is 12.5. The second kappa shape index (κ2) is 19.3. The summed E-state index contributed by atoms with van der Waals surface area (Å²) in [6, 6.07) is 38.2. The maximum absolute atomic E-state index is 12.5. The van der Waals surface area contributed by atoms with Crippen molar-refractivity contribution in [3.63, 3.8) is 0 Å². The molecule has 0 aliphatic carbocycles. The number of esters is 1. The molecule has 4 aromatic carbocycles. The molecule has 1 N–H and O–H groups in total. The van der Waals surface area contributed by atoms with Crippen LogP contribution in [-0.4, -0.2) is 29.0 Å². The fourth-order valence-corrected chi connectivity index (χ4v) is 4.93. The van der Waals surface area contributed by atoms with Gasteiger partial charge in [-0.25, -0.2) is 4.79 Å². The van der Waals surface area contributed by atoms with Gasteiger partial charge in [0.25, 0.3) is 0 Å². The van der Waals surface area contributed by atoms with Crippen LogP contribution in [0.4, 0.5) is 26.3 Å². The molecule has 4 atom stereocenters. The summed E-state index contributed by atoms with van der Waals surface area (Å²) in [5.41, 5.74) is -0.157. The highest BCUT2D eigenvalue weighted by Crippen LogP contribution is 2.44. The van der Waals surface area contributed by atoms with E-state index in [2.05, 4.69) is 123 Å². The number of benzene rings is 4. The van der Waals surface area contributed by atoms with Gasteiger partial charge in [-0.3, -0.25) is 0 Å². The first-order valence-electron chi connectivity index (χ1n) is 16.7. The van der Waals surface area contributed by atoms with Crippen LogP contribution in [0.5, 0.6) is 0 Å². The van der Waals surface area contributed by atoms with Crippen molar-refractivity contribution >= 4 is 5.97 Å². The minimum Gasteiger partial charge on any atom is -0.458 e. The Morgan fingerprint density at radius 2 is 0.880 bits per heavy atom. The minimum absolute atomic E-state index is 0.196. The van der Waals surface area contributed by atoms with E-state index < -0.39 is 30.5 Å². The van der Waals surface area contributed by atoms with Gasteiger partial charge in [-0.1, -0.05) is 157 Å². The molecule has 0 aliphatic rings.